The molecule has 5 unspecified atom stereocenters. The smallest absolute Gasteiger partial charge is 0.345 e. The molecule has 3 rings (SSSR count). The average molecular weight is 425 g/mol. The van der Waals surface area contributed by atoms with Gasteiger partial charge >= 0.3 is 7.67 Å². The highest BCUT2D eigenvalue weighted by Crippen LogP contribution is 2.53. The molecule has 8 nitrogen and oxygen atoms in total. The third kappa shape index (κ3) is 6.53. The summed E-state index contributed by atoms with van der Waals surface area (Å²) in [4.78, 5) is 2.09. The minimum absolute atomic E-state index is 0.198. The topological polar surface area (TPSA) is 63.7 Å². The van der Waals surface area contributed by atoms with Crippen LogP contribution in [0.1, 0.15) is 25.7 Å². The number of hydrogen-bond donors (Lipinski definition) is 0. The lowest BCUT2D eigenvalue weighted by atomic mass is 9.98. The van der Waals surface area contributed by atoms with Crippen LogP contribution in [-0.4, -0.2) is 121 Å². The molecule has 0 bridgehead atoms. The van der Waals surface area contributed by atoms with Crippen molar-refractivity contribution in [2.24, 2.45) is 0 Å². The fourth-order valence-corrected chi connectivity index (χ4v) is 6.25. The zero-order chi connectivity index (χ0) is 21.0. The van der Waals surface area contributed by atoms with Gasteiger partial charge in [0.1, 0.15) is 15.7 Å². The lowest BCUT2D eigenvalue weighted by molar-refractivity contribution is -0.0884. The van der Waals surface area contributed by atoms with E-state index in [4.69, 9.17) is 34.4 Å². The first-order chi connectivity index (χ1) is 13.8. The Kier molecular flexibility index (Phi) is 8.67. The average Bonchev–Trinajstić information content (AvgIpc) is 3.16. The molecule has 162 valence electrons. The Labute approximate surface area is 177 Å². The van der Waals surface area contributed by atoms with Gasteiger partial charge in [0.05, 0.1) is 31.5 Å². The van der Waals surface area contributed by atoms with E-state index < -0.39 is 13.7 Å². The van der Waals surface area contributed by atoms with E-state index in [0.29, 0.717) is 38.9 Å². The van der Waals surface area contributed by atoms with Crippen LogP contribution in [0.5, 0.6) is 0 Å². The first-order valence-corrected chi connectivity index (χ1v) is 12.1. The van der Waals surface area contributed by atoms with Gasteiger partial charge in [-0.2, -0.15) is 0 Å². The van der Waals surface area contributed by atoms with Crippen LogP contribution < -0.4 is 0 Å². The summed E-state index contributed by atoms with van der Waals surface area (Å²) in [7, 11) is 14.2. The van der Waals surface area contributed by atoms with E-state index in [9.17, 15) is 4.57 Å². The Morgan fingerprint density at radius 2 is 1.62 bits per heavy atom. The molecule has 2 saturated heterocycles. The summed E-state index contributed by atoms with van der Waals surface area (Å²) >= 11 is 0. The van der Waals surface area contributed by atoms with Gasteiger partial charge in [-0.3, -0.25) is 4.57 Å². The summed E-state index contributed by atoms with van der Waals surface area (Å²) in [5, 5.41) is 0. The highest BCUT2D eigenvalue weighted by Gasteiger charge is 2.41. The van der Waals surface area contributed by atoms with Crippen molar-refractivity contribution >= 4 is 23.4 Å². The van der Waals surface area contributed by atoms with Gasteiger partial charge in [0.2, 0.25) is 0 Å². The van der Waals surface area contributed by atoms with Gasteiger partial charge in [-0.25, -0.2) is 9.34 Å². The Morgan fingerprint density at radius 3 is 2.24 bits per heavy atom. The van der Waals surface area contributed by atoms with E-state index in [0.717, 1.165) is 12.8 Å². The quantitative estimate of drug-likeness (QED) is 0.415. The summed E-state index contributed by atoms with van der Waals surface area (Å²) in [6.07, 6.45) is 4.46. The summed E-state index contributed by atoms with van der Waals surface area (Å²) < 4.78 is 40.8. The summed E-state index contributed by atoms with van der Waals surface area (Å²) in [6, 6.07) is -0.904. The van der Waals surface area contributed by atoms with Crippen LogP contribution in [0.2, 0.25) is 0 Å². The summed E-state index contributed by atoms with van der Waals surface area (Å²) in [6.45, 7) is 2.78. The molecule has 11 heteroatoms. The Morgan fingerprint density at radius 1 is 1.00 bits per heavy atom. The summed E-state index contributed by atoms with van der Waals surface area (Å²) in [5.74, 6) is 0. The van der Waals surface area contributed by atoms with Crippen LogP contribution >= 0.6 is 7.67 Å². The van der Waals surface area contributed by atoms with Crippen LogP contribution in [-0.2, 0) is 23.3 Å². The molecule has 0 N–H and O–H groups in total. The number of hydrogen-bond acceptors (Lipinski definition) is 6. The molecule has 3 fully saturated rings. The van der Waals surface area contributed by atoms with E-state index >= 15 is 0 Å². The molecule has 4 radical (unpaired) electrons. The number of likely N-dealkylation sites (N-methyl/N-ethyl adjacent to an activating group) is 1. The van der Waals surface area contributed by atoms with Gasteiger partial charge in [-0.1, -0.05) is 12.8 Å². The van der Waals surface area contributed by atoms with Gasteiger partial charge in [0.15, 0.2) is 0 Å². The third-order valence-corrected chi connectivity index (χ3v) is 8.20. The highest BCUT2D eigenvalue weighted by atomic mass is 31.2. The van der Waals surface area contributed by atoms with Crippen molar-refractivity contribution in [1.29, 1.82) is 0 Å². The Balaban J connectivity index is 1.58. The van der Waals surface area contributed by atoms with Crippen molar-refractivity contribution in [2.75, 3.05) is 60.5 Å². The second-order valence-electron chi connectivity index (χ2n) is 8.56. The standard InChI is InChI=1S/C18H34B2N3O5P/c1-21(2)29(24,26-13-15-8-22(3)10-17(19)27-15)23-9-16(28-18(20)11-23)12-25-14-6-4-5-7-14/h14-18H,4-13H2,1-3H3. The monoisotopic (exact) mass is 425 g/mol. The second-order valence-corrected chi connectivity index (χ2v) is 11.2. The lowest BCUT2D eigenvalue weighted by Gasteiger charge is -2.43. The van der Waals surface area contributed by atoms with Gasteiger partial charge in [-0.05, 0) is 34.0 Å². The molecule has 1 aliphatic carbocycles. The molecule has 0 amide bonds. The SMILES string of the molecule is [B]C1CN(C)CC(COP(=O)(N(C)C)N2CC([B])OC(COC3CCCC3)C2)O1. The van der Waals surface area contributed by atoms with E-state index in [1.165, 1.54) is 12.8 Å². The lowest BCUT2D eigenvalue weighted by Crippen LogP contribution is -2.50. The van der Waals surface area contributed by atoms with Crippen LogP contribution in [0.3, 0.4) is 0 Å². The third-order valence-electron chi connectivity index (χ3n) is 5.66. The second kappa shape index (κ2) is 10.6. The molecule has 29 heavy (non-hydrogen) atoms. The number of ether oxygens (including phenoxy) is 3. The molecule has 3 aliphatic rings. The van der Waals surface area contributed by atoms with Crippen molar-refractivity contribution < 1.29 is 23.3 Å². The van der Waals surface area contributed by atoms with Gasteiger partial charge in [0, 0.05) is 38.2 Å². The zero-order valence-corrected chi connectivity index (χ0v) is 18.8. The maximum absolute atomic E-state index is 13.8. The van der Waals surface area contributed by atoms with Gasteiger partial charge in [-0.15, -0.1) is 0 Å². The van der Waals surface area contributed by atoms with Crippen molar-refractivity contribution in [1.82, 2.24) is 14.2 Å². The minimum Gasteiger partial charge on any atom is -0.380 e. The molecule has 1 saturated carbocycles. The van der Waals surface area contributed by atoms with Crippen LogP contribution in [0.4, 0.5) is 0 Å². The predicted molar refractivity (Wildman–Crippen MR) is 113 cm³/mol. The number of nitrogens with zero attached hydrogens (tertiary/aromatic N) is 3. The largest absolute Gasteiger partial charge is 0.380 e. The van der Waals surface area contributed by atoms with Crippen molar-refractivity contribution in [2.45, 2.75) is 56.0 Å². The van der Waals surface area contributed by atoms with Crippen LogP contribution in [0.15, 0.2) is 0 Å². The summed E-state index contributed by atoms with van der Waals surface area (Å²) in [5.41, 5.74) is 0. The van der Waals surface area contributed by atoms with E-state index in [1.54, 1.807) is 23.4 Å². The zero-order valence-electron chi connectivity index (χ0n) is 17.9. The molecule has 0 aromatic carbocycles. The first kappa shape index (κ1) is 23.7. The Bertz CT molecular complexity index is 560. The Hall–Kier alpha value is 0.0799. The van der Waals surface area contributed by atoms with Crippen molar-refractivity contribution in [3.05, 3.63) is 0 Å². The van der Waals surface area contributed by atoms with Crippen LogP contribution in [0.25, 0.3) is 0 Å². The molecular weight excluding hydrogens is 391 g/mol. The predicted octanol–water partition coefficient (Wildman–Crippen LogP) is 0.653. The number of rotatable bonds is 8. The molecule has 0 spiro atoms. The maximum Gasteiger partial charge on any atom is 0.345 e. The van der Waals surface area contributed by atoms with E-state index in [2.05, 4.69) is 4.90 Å². The molecule has 5 atom stereocenters. The van der Waals surface area contributed by atoms with Gasteiger partial charge in [0.25, 0.3) is 0 Å². The minimum atomic E-state index is -3.28. The molecule has 2 aliphatic heterocycles. The fourth-order valence-electron chi connectivity index (χ4n) is 4.23. The molecular formula is C18H34B2N3O5P. The van der Waals surface area contributed by atoms with Crippen LogP contribution in [0, 0.1) is 0 Å². The first-order valence-electron chi connectivity index (χ1n) is 10.6. The number of morpholine rings is 2. The highest BCUT2D eigenvalue weighted by molar-refractivity contribution is 7.53. The molecule has 0 aromatic rings. The van der Waals surface area contributed by atoms with E-state index in [1.807, 2.05) is 7.05 Å². The van der Waals surface area contributed by atoms with E-state index in [-0.39, 0.29) is 24.8 Å². The normalized spacial score (nSPS) is 35.2. The van der Waals surface area contributed by atoms with Gasteiger partial charge < -0.3 is 23.6 Å². The molecule has 2 heterocycles. The van der Waals surface area contributed by atoms with Crippen molar-refractivity contribution in [3.8, 4) is 0 Å². The van der Waals surface area contributed by atoms with Crippen molar-refractivity contribution in [3.63, 3.8) is 0 Å². The fraction of sp³-hybridized carbons (Fsp3) is 1.00. The molecule has 0 aromatic heterocycles. The maximum atomic E-state index is 13.8.